The molecule has 3 rings (SSSR count). The average molecular weight is 328 g/mol. The number of aryl methyl sites for hydroxylation is 2. The van der Waals surface area contributed by atoms with Gasteiger partial charge in [0.1, 0.15) is 6.04 Å². The smallest absolute Gasteiger partial charge is 0.239 e. The molecule has 1 saturated heterocycles. The maximum absolute atomic E-state index is 12.1. The summed E-state index contributed by atoms with van der Waals surface area (Å²) in [7, 11) is 0. The molecule has 1 aliphatic heterocycles. The minimum absolute atomic E-state index is 0.0151. The first-order chi connectivity index (χ1) is 11.6. The lowest BCUT2D eigenvalue weighted by atomic mass is 10.1. The Kier molecular flexibility index (Phi) is 5.27. The third kappa shape index (κ3) is 4.21. The molecule has 2 heterocycles. The highest BCUT2D eigenvalue weighted by atomic mass is 16.5. The minimum Gasteiger partial charge on any atom is -0.378 e. The highest BCUT2D eigenvalue weighted by molar-refractivity contribution is 5.81. The third-order valence-electron chi connectivity index (χ3n) is 4.13. The first kappa shape index (κ1) is 16.7. The highest BCUT2D eigenvalue weighted by Gasteiger charge is 2.20. The first-order valence-electron chi connectivity index (χ1n) is 8.29. The first-order valence-corrected chi connectivity index (χ1v) is 8.29. The summed E-state index contributed by atoms with van der Waals surface area (Å²) in [6, 6.07) is 10.1. The Labute approximate surface area is 142 Å². The number of benzene rings is 1. The standard InChI is InChI=1S/C18H24N4O2/c1-13-8-14(2)22(21-13)11-16-5-3-4-15(9-16)10-20-18(23)17-12-24-7-6-19-17/h3-5,8-9,17,19H,6-7,10-12H2,1-2H3,(H,20,23). The van der Waals surface area contributed by atoms with Gasteiger partial charge in [-0.05, 0) is 31.0 Å². The molecule has 2 N–H and O–H groups in total. The van der Waals surface area contributed by atoms with Crippen LogP contribution in [0.15, 0.2) is 30.3 Å². The van der Waals surface area contributed by atoms with E-state index >= 15 is 0 Å². The number of ether oxygens (including phenoxy) is 1. The Bertz CT molecular complexity index is 705. The molecule has 0 radical (unpaired) electrons. The zero-order chi connectivity index (χ0) is 16.9. The summed E-state index contributed by atoms with van der Waals surface area (Å²) in [6.07, 6.45) is 0. The fourth-order valence-corrected chi connectivity index (χ4v) is 2.89. The summed E-state index contributed by atoms with van der Waals surface area (Å²) >= 11 is 0. The molecule has 0 aliphatic carbocycles. The second kappa shape index (κ2) is 7.59. The van der Waals surface area contributed by atoms with E-state index in [9.17, 15) is 4.79 Å². The predicted molar refractivity (Wildman–Crippen MR) is 91.7 cm³/mol. The summed E-state index contributed by atoms with van der Waals surface area (Å²) < 4.78 is 7.32. The number of hydrogen-bond acceptors (Lipinski definition) is 4. The van der Waals surface area contributed by atoms with Crippen LogP contribution in [0, 0.1) is 13.8 Å². The van der Waals surface area contributed by atoms with Gasteiger partial charge in [-0.1, -0.05) is 24.3 Å². The maximum Gasteiger partial charge on any atom is 0.239 e. The molecule has 6 heteroatoms. The van der Waals surface area contributed by atoms with Crippen molar-refractivity contribution in [3.05, 3.63) is 52.8 Å². The number of morpholine rings is 1. The maximum atomic E-state index is 12.1. The zero-order valence-corrected chi connectivity index (χ0v) is 14.2. The van der Waals surface area contributed by atoms with E-state index in [-0.39, 0.29) is 11.9 Å². The van der Waals surface area contributed by atoms with Gasteiger partial charge in [-0.15, -0.1) is 0 Å². The molecule has 1 atom stereocenters. The molecule has 1 aromatic heterocycles. The fraction of sp³-hybridized carbons (Fsp3) is 0.444. The number of aromatic nitrogens is 2. The molecule has 0 spiro atoms. The van der Waals surface area contributed by atoms with E-state index < -0.39 is 0 Å². The Hall–Kier alpha value is -2.18. The Morgan fingerprint density at radius 3 is 2.92 bits per heavy atom. The van der Waals surface area contributed by atoms with Crippen molar-refractivity contribution in [2.75, 3.05) is 19.8 Å². The number of rotatable bonds is 5. The highest BCUT2D eigenvalue weighted by Crippen LogP contribution is 2.10. The van der Waals surface area contributed by atoms with Gasteiger partial charge in [-0.25, -0.2) is 0 Å². The van der Waals surface area contributed by atoms with Crippen LogP contribution in [-0.2, 0) is 22.6 Å². The molecule has 1 unspecified atom stereocenters. The molecule has 24 heavy (non-hydrogen) atoms. The minimum atomic E-state index is -0.253. The van der Waals surface area contributed by atoms with Gasteiger partial charge in [0.25, 0.3) is 0 Å². The van der Waals surface area contributed by atoms with Crippen LogP contribution in [0.1, 0.15) is 22.5 Å². The summed E-state index contributed by atoms with van der Waals surface area (Å²) in [4.78, 5) is 12.1. The van der Waals surface area contributed by atoms with E-state index in [2.05, 4.69) is 40.9 Å². The van der Waals surface area contributed by atoms with Crippen molar-refractivity contribution >= 4 is 5.91 Å². The van der Waals surface area contributed by atoms with E-state index in [1.807, 2.05) is 23.7 Å². The number of hydrogen-bond donors (Lipinski definition) is 2. The van der Waals surface area contributed by atoms with Crippen LogP contribution < -0.4 is 10.6 Å². The molecular formula is C18H24N4O2. The van der Waals surface area contributed by atoms with Crippen molar-refractivity contribution in [1.29, 1.82) is 0 Å². The summed E-state index contributed by atoms with van der Waals surface area (Å²) in [5.74, 6) is -0.0151. The lowest BCUT2D eigenvalue weighted by molar-refractivity contribution is -0.126. The lowest BCUT2D eigenvalue weighted by Crippen LogP contribution is -2.51. The largest absolute Gasteiger partial charge is 0.378 e. The van der Waals surface area contributed by atoms with Gasteiger partial charge in [0.15, 0.2) is 0 Å². The van der Waals surface area contributed by atoms with Crippen LogP contribution >= 0.6 is 0 Å². The fourth-order valence-electron chi connectivity index (χ4n) is 2.89. The number of carbonyl (C=O) groups is 1. The van der Waals surface area contributed by atoms with Gasteiger partial charge in [-0.2, -0.15) is 5.10 Å². The molecule has 2 aromatic rings. The SMILES string of the molecule is Cc1cc(C)n(Cc2cccc(CNC(=O)C3COCCN3)c2)n1. The molecule has 1 amide bonds. The van der Waals surface area contributed by atoms with Gasteiger partial charge in [0, 0.05) is 18.8 Å². The number of carbonyl (C=O) groups excluding carboxylic acids is 1. The molecule has 6 nitrogen and oxygen atoms in total. The Morgan fingerprint density at radius 2 is 2.21 bits per heavy atom. The number of nitrogens with zero attached hydrogens (tertiary/aromatic N) is 2. The van der Waals surface area contributed by atoms with Gasteiger partial charge in [0.05, 0.1) is 25.5 Å². The monoisotopic (exact) mass is 328 g/mol. The normalized spacial score (nSPS) is 17.7. The van der Waals surface area contributed by atoms with Crippen molar-refractivity contribution in [1.82, 2.24) is 20.4 Å². The van der Waals surface area contributed by atoms with Gasteiger partial charge in [-0.3, -0.25) is 9.48 Å². The summed E-state index contributed by atoms with van der Waals surface area (Å²) in [5.41, 5.74) is 4.43. The third-order valence-corrected chi connectivity index (χ3v) is 4.13. The van der Waals surface area contributed by atoms with Crippen LogP contribution in [0.5, 0.6) is 0 Å². The van der Waals surface area contributed by atoms with Crippen molar-refractivity contribution in [3.63, 3.8) is 0 Å². The molecular weight excluding hydrogens is 304 g/mol. The van der Waals surface area contributed by atoms with Gasteiger partial charge >= 0.3 is 0 Å². The van der Waals surface area contributed by atoms with E-state index in [0.29, 0.717) is 19.8 Å². The van der Waals surface area contributed by atoms with E-state index in [1.165, 1.54) is 5.56 Å². The Balaban J connectivity index is 1.58. The lowest BCUT2D eigenvalue weighted by Gasteiger charge is -2.22. The molecule has 0 bridgehead atoms. The molecule has 0 saturated carbocycles. The average Bonchev–Trinajstić information content (AvgIpc) is 2.91. The summed E-state index contributed by atoms with van der Waals surface area (Å²) in [6.45, 7) is 7.13. The van der Waals surface area contributed by atoms with E-state index in [4.69, 9.17) is 4.74 Å². The van der Waals surface area contributed by atoms with Crippen molar-refractivity contribution < 1.29 is 9.53 Å². The van der Waals surface area contributed by atoms with Crippen molar-refractivity contribution in [3.8, 4) is 0 Å². The molecule has 1 aromatic carbocycles. The van der Waals surface area contributed by atoms with Crippen LogP contribution in [-0.4, -0.2) is 41.5 Å². The predicted octanol–water partition coefficient (Wildman–Crippen LogP) is 1.15. The van der Waals surface area contributed by atoms with E-state index in [0.717, 1.165) is 30.0 Å². The quantitative estimate of drug-likeness (QED) is 0.864. The molecule has 1 aliphatic rings. The van der Waals surface area contributed by atoms with Crippen molar-refractivity contribution in [2.45, 2.75) is 33.0 Å². The topological polar surface area (TPSA) is 68.2 Å². The molecule has 1 fully saturated rings. The number of nitrogens with one attached hydrogen (secondary N) is 2. The van der Waals surface area contributed by atoms with Crippen LogP contribution in [0.3, 0.4) is 0 Å². The zero-order valence-electron chi connectivity index (χ0n) is 14.2. The Morgan fingerprint density at radius 1 is 1.38 bits per heavy atom. The van der Waals surface area contributed by atoms with Crippen molar-refractivity contribution in [2.24, 2.45) is 0 Å². The number of amides is 1. The second-order valence-corrected chi connectivity index (χ2v) is 6.20. The summed E-state index contributed by atoms with van der Waals surface area (Å²) in [5, 5.41) is 10.6. The second-order valence-electron chi connectivity index (χ2n) is 6.20. The van der Waals surface area contributed by atoms with E-state index in [1.54, 1.807) is 0 Å². The van der Waals surface area contributed by atoms with Gasteiger partial charge < -0.3 is 15.4 Å². The van der Waals surface area contributed by atoms with Crippen LogP contribution in [0.4, 0.5) is 0 Å². The molecule has 128 valence electrons. The van der Waals surface area contributed by atoms with Crippen LogP contribution in [0.25, 0.3) is 0 Å². The van der Waals surface area contributed by atoms with Gasteiger partial charge in [0.2, 0.25) is 5.91 Å². The van der Waals surface area contributed by atoms with Crippen LogP contribution in [0.2, 0.25) is 0 Å².